The summed E-state index contributed by atoms with van der Waals surface area (Å²) in [6.07, 6.45) is 0. The molecule has 1 saturated heterocycles. The fraction of sp³-hybridized carbons (Fsp3) is 0.200. The molecule has 1 aliphatic rings. The van der Waals surface area contributed by atoms with Gasteiger partial charge >= 0.3 is 11.9 Å². The maximum Gasteiger partial charge on any atom is 0.350 e. The summed E-state index contributed by atoms with van der Waals surface area (Å²) in [6.45, 7) is 5.95. The zero-order valence-corrected chi connectivity index (χ0v) is 23.7. The average Bonchev–Trinajstić information content (AvgIpc) is 3.66. The maximum absolute atomic E-state index is 13.3. The fourth-order valence-corrected chi connectivity index (χ4v) is 6.26. The molecule has 1 N–H and O–H groups in total. The van der Waals surface area contributed by atoms with Crippen LogP contribution in [0.4, 0.5) is 5.13 Å². The fourth-order valence-electron chi connectivity index (χ4n) is 4.45. The average molecular weight is 575 g/mol. The van der Waals surface area contributed by atoms with Crippen molar-refractivity contribution in [3.8, 4) is 5.75 Å². The standard InChI is InChI=1S/C30H26N2O6S2/c1-4-37-29(36)27-18(3)31-30(40-27)32-24(22-9-6-14-39-22)23(26(34)28(32)35)25(33)20-10-12-21(13-11-20)38-16-19-8-5-7-17(2)15-19/h5-15,24,33H,4,16H2,1-3H3/b25-23+. The van der Waals surface area contributed by atoms with Crippen LogP contribution in [0.25, 0.3) is 5.76 Å². The number of hydrogen-bond donors (Lipinski definition) is 1. The molecule has 5 rings (SSSR count). The van der Waals surface area contributed by atoms with Crippen molar-refractivity contribution < 1.29 is 29.0 Å². The van der Waals surface area contributed by atoms with Crippen LogP contribution in [-0.2, 0) is 20.9 Å². The third-order valence-corrected chi connectivity index (χ3v) is 8.39. The van der Waals surface area contributed by atoms with Gasteiger partial charge < -0.3 is 14.6 Å². The molecule has 2 aromatic carbocycles. The molecule has 2 aromatic heterocycles. The molecule has 8 nitrogen and oxygen atoms in total. The van der Waals surface area contributed by atoms with Crippen LogP contribution in [0.1, 0.15) is 49.9 Å². The third kappa shape index (κ3) is 5.28. The van der Waals surface area contributed by atoms with Gasteiger partial charge in [0.05, 0.1) is 17.9 Å². The Kier molecular flexibility index (Phi) is 7.81. The number of aryl methyl sites for hydroxylation is 2. The van der Waals surface area contributed by atoms with Gasteiger partial charge in [-0.2, -0.15) is 0 Å². The molecule has 0 bridgehead atoms. The summed E-state index contributed by atoms with van der Waals surface area (Å²) in [5.41, 5.74) is 2.89. The molecule has 0 spiro atoms. The number of hydrogen-bond acceptors (Lipinski definition) is 9. The number of aliphatic hydroxyl groups is 1. The highest BCUT2D eigenvalue weighted by Gasteiger charge is 2.49. The molecule has 1 fully saturated rings. The van der Waals surface area contributed by atoms with E-state index in [0.717, 1.165) is 22.5 Å². The molecule has 3 heterocycles. The SMILES string of the molecule is CCOC(=O)c1sc(N2C(=O)C(=O)/C(=C(/O)c3ccc(OCc4cccc(C)c4)cc3)C2c2cccs2)nc1C. The number of benzene rings is 2. The second kappa shape index (κ2) is 11.4. The highest BCUT2D eigenvalue weighted by molar-refractivity contribution is 7.18. The number of aliphatic hydroxyl groups excluding tert-OH is 1. The third-order valence-electron chi connectivity index (χ3n) is 6.33. The minimum Gasteiger partial charge on any atom is -0.507 e. The van der Waals surface area contributed by atoms with Gasteiger partial charge in [0.25, 0.3) is 5.78 Å². The Morgan fingerprint density at radius 2 is 1.85 bits per heavy atom. The van der Waals surface area contributed by atoms with Gasteiger partial charge in [0.15, 0.2) is 5.13 Å². The van der Waals surface area contributed by atoms with E-state index in [-0.39, 0.29) is 27.9 Å². The molecule has 4 aromatic rings. The predicted molar refractivity (Wildman–Crippen MR) is 154 cm³/mol. The Balaban J connectivity index is 1.48. The van der Waals surface area contributed by atoms with Crippen LogP contribution in [0, 0.1) is 13.8 Å². The second-order valence-corrected chi connectivity index (χ2v) is 11.1. The monoisotopic (exact) mass is 574 g/mol. The number of esters is 1. The summed E-state index contributed by atoms with van der Waals surface area (Å²) in [4.78, 5) is 45.7. The van der Waals surface area contributed by atoms with Crippen LogP contribution in [0.15, 0.2) is 71.6 Å². The van der Waals surface area contributed by atoms with Crippen molar-refractivity contribution in [1.82, 2.24) is 4.98 Å². The molecule has 204 valence electrons. The molecule has 1 atom stereocenters. The summed E-state index contributed by atoms with van der Waals surface area (Å²) >= 11 is 2.32. The Bertz CT molecular complexity index is 1610. The van der Waals surface area contributed by atoms with E-state index < -0.39 is 23.7 Å². The first kappa shape index (κ1) is 27.3. The van der Waals surface area contributed by atoms with E-state index in [2.05, 4.69) is 4.98 Å². The van der Waals surface area contributed by atoms with Crippen molar-refractivity contribution in [2.75, 3.05) is 11.5 Å². The van der Waals surface area contributed by atoms with E-state index in [4.69, 9.17) is 9.47 Å². The van der Waals surface area contributed by atoms with E-state index in [1.165, 1.54) is 16.2 Å². The number of thiophene rings is 1. The van der Waals surface area contributed by atoms with Gasteiger partial charge in [-0.05, 0) is 62.0 Å². The van der Waals surface area contributed by atoms with Crippen LogP contribution in [-0.4, -0.2) is 34.4 Å². The van der Waals surface area contributed by atoms with E-state index >= 15 is 0 Å². The smallest absolute Gasteiger partial charge is 0.350 e. The van der Waals surface area contributed by atoms with Gasteiger partial charge in [-0.15, -0.1) is 11.3 Å². The minimum absolute atomic E-state index is 0.0496. The van der Waals surface area contributed by atoms with Crippen molar-refractivity contribution in [2.45, 2.75) is 33.4 Å². The largest absolute Gasteiger partial charge is 0.507 e. The van der Waals surface area contributed by atoms with Gasteiger partial charge in [0.2, 0.25) is 0 Å². The zero-order chi connectivity index (χ0) is 28.4. The lowest BCUT2D eigenvalue weighted by atomic mass is 10.00. The van der Waals surface area contributed by atoms with Crippen LogP contribution in [0.5, 0.6) is 5.75 Å². The molecular formula is C30H26N2O6S2. The lowest BCUT2D eigenvalue weighted by molar-refractivity contribution is -0.132. The summed E-state index contributed by atoms with van der Waals surface area (Å²) in [7, 11) is 0. The number of aromatic nitrogens is 1. The van der Waals surface area contributed by atoms with Crippen molar-refractivity contribution in [2.24, 2.45) is 0 Å². The van der Waals surface area contributed by atoms with E-state index in [0.29, 0.717) is 28.5 Å². The summed E-state index contributed by atoms with van der Waals surface area (Å²) < 4.78 is 11.0. The van der Waals surface area contributed by atoms with Crippen molar-refractivity contribution >= 4 is 51.2 Å². The van der Waals surface area contributed by atoms with Crippen LogP contribution < -0.4 is 9.64 Å². The molecule has 10 heteroatoms. The summed E-state index contributed by atoms with van der Waals surface area (Å²) in [5.74, 6) is -1.91. The molecule has 1 aliphatic heterocycles. The molecule has 40 heavy (non-hydrogen) atoms. The Hall–Kier alpha value is -4.28. The van der Waals surface area contributed by atoms with Gasteiger partial charge in [-0.3, -0.25) is 14.5 Å². The highest BCUT2D eigenvalue weighted by atomic mass is 32.1. The lowest BCUT2D eigenvalue weighted by Gasteiger charge is -2.21. The van der Waals surface area contributed by atoms with Gasteiger partial charge in [-0.25, -0.2) is 9.78 Å². The molecular weight excluding hydrogens is 548 g/mol. The number of thiazole rings is 1. The molecule has 0 radical (unpaired) electrons. The Morgan fingerprint density at radius 1 is 1.07 bits per heavy atom. The van der Waals surface area contributed by atoms with E-state index in [9.17, 15) is 19.5 Å². The maximum atomic E-state index is 13.3. The first-order valence-electron chi connectivity index (χ1n) is 12.6. The minimum atomic E-state index is -0.905. The van der Waals surface area contributed by atoms with E-state index in [1.807, 2.05) is 36.6 Å². The number of nitrogens with zero attached hydrogens (tertiary/aromatic N) is 2. The Morgan fingerprint density at radius 3 is 2.52 bits per heavy atom. The quantitative estimate of drug-likeness (QED) is 0.116. The topological polar surface area (TPSA) is 106 Å². The van der Waals surface area contributed by atoms with Crippen LogP contribution in [0.3, 0.4) is 0 Å². The normalized spacial score (nSPS) is 16.4. The second-order valence-electron chi connectivity index (χ2n) is 9.12. The molecule has 0 saturated carbocycles. The predicted octanol–water partition coefficient (Wildman–Crippen LogP) is 6.20. The first-order chi connectivity index (χ1) is 19.3. The van der Waals surface area contributed by atoms with E-state index in [1.54, 1.807) is 50.2 Å². The number of ketones is 1. The summed E-state index contributed by atoms with van der Waals surface area (Å²) in [5, 5.41) is 13.3. The number of carbonyl (C=O) groups excluding carboxylic acids is 3. The summed E-state index contributed by atoms with van der Waals surface area (Å²) in [6, 6.07) is 17.4. The number of Topliss-reactive ketones (excluding diaryl/α,β-unsaturated/α-hetero) is 1. The van der Waals surface area contributed by atoms with Crippen molar-refractivity contribution in [3.05, 3.63) is 104 Å². The Labute approximate surface area is 239 Å². The number of carbonyl (C=O) groups is 3. The lowest BCUT2D eigenvalue weighted by Crippen LogP contribution is -2.29. The van der Waals surface area contributed by atoms with Crippen LogP contribution in [0.2, 0.25) is 0 Å². The number of ether oxygens (including phenoxy) is 2. The number of anilines is 1. The highest BCUT2D eigenvalue weighted by Crippen LogP contribution is 2.45. The van der Waals surface area contributed by atoms with Gasteiger partial charge in [-0.1, -0.05) is 47.2 Å². The molecule has 1 amide bonds. The molecule has 1 unspecified atom stereocenters. The van der Waals surface area contributed by atoms with Gasteiger partial charge in [0, 0.05) is 10.4 Å². The van der Waals surface area contributed by atoms with Crippen molar-refractivity contribution in [3.63, 3.8) is 0 Å². The molecule has 0 aliphatic carbocycles. The number of amides is 1. The van der Waals surface area contributed by atoms with Crippen molar-refractivity contribution in [1.29, 1.82) is 0 Å². The first-order valence-corrected chi connectivity index (χ1v) is 14.3. The zero-order valence-electron chi connectivity index (χ0n) is 22.0. The number of rotatable bonds is 8. The van der Waals surface area contributed by atoms with Gasteiger partial charge in [0.1, 0.15) is 29.0 Å². The van der Waals surface area contributed by atoms with Crippen LogP contribution >= 0.6 is 22.7 Å².